The molecule has 0 N–H and O–H groups in total. The van der Waals surface area contributed by atoms with Gasteiger partial charge in [-0.05, 0) is 19.3 Å². The molecule has 1 heterocycles. The summed E-state index contributed by atoms with van der Waals surface area (Å²) in [6, 6.07) is 1.91. The molecular formula is C8H8N2O. The second-order valence-corrected chi connectivity index (χ2v) is 2.71. The highest BCUT2D eigenvalue weighted by molar-refractivity contribution is 5.18. The van der Waals surface area contributed by atoms with E-state index < -0.39 is 0 Å². The van der Waals surface area contributed by atoms with Gasteiger partial charge in [0, 0.05) is 6.42 Å². The number of rotatable bonds is 0. The number of oxazole rings is 1. The zero-order valence-electron chi connectivity index (χ0n) is 6.13. The number of aryl methyl sites for hydroxylation is 2. The summed E-state index contributed by atoms with van der Waals surface area (Å²) in [5, 5.41) is 8.48. The minimum absolute atomic E-state index is 0.219. The molecule has 0 amide bonds. The third-order valence-corrected chi connectivity index (χ3v) is 1.94. The fraction of sp³-hybridized carbons (Fsp3) is 0.500. The molecule has 0 aliphatic heterocycles. The molecule has 2 rings (SSSR count). The van der Waals surface area contributed by atoms with Gasteiger partial charge in [0.15, 0.2) is 6.07 Å². The lowest BCUT2D eigenvalue weighted by Crippen LogP contribution is -1.99. The summed E-state index contributed by atoms with van der Waals surface area (Å²) in [7, 11) is 0. The third kappa shape index (κ3) is 1.01. The van der Waals surface area contributed by atoms with Crippen LogP contribution in [0.3, 0.4) is 0 Å². The number of nitriles is 1. The van der Waals surface area contributed by atoms with Crippen molar-refractivity contribution in [1.82, 2.24) is 4.98 Å². The summed E-state index contributed by atoms with van der Waals surface area (Å²) in [5.41, 5.74) is 0.993. The molecular weight excluding hydrogens is 140 g/mol. The lowest BCUT2D eigenvalue weighted by atomic mass is 10.0. The Bertz CT molecular complexity index is 285. The van der Waals surface area contributed by atoms with Gasteiger partial charge in [-0.2, -0.15) is 5.26 Å². The lowest BCUT2D eigenvalue weighted by molar-refractivity contribution is 0.467. The molecule has 3 heteroatoms. The third-order valence-electron chi connectivity index (χ3n) is 1.94. The average Bonchev–Trinajstić information content (AvgIpc) is 2.46. The molecule has 1 aromatic heterocycles. The van der Waals surface area contributed by atoms with Gasteiger partial charge in [0.1, 0.15) is 5.76 Å². The highest BCUT2D eigenvalue weighted by Gasteiger charge is 2.15. The zero-order chi connectivity index (χ0) is 7.68. The Kier molecular flexibility index (Phi) is 1.39. The number of hydrogen-bond acceptors (Lipinski definition) is 3. The van der Waals surface area contributed by atoms with Crippen LogP contribution in [0.5, 0.6) is 0 Å². The Morgan fingerprint density at radius 1 is 1.36 bits per heavy atom. The maximum absolute atomic E-state index is 8.48. The van der Waals surface area contributed by atoms with Gasteiger partial charge in [0.05, 0.1) is 5.69 Å². The van der Waals surface area contributed by atoms with Crippen LogP contribution in [0.25, 0.3) is 0 Å². The van der Waals surface area contributed by atoms with E-state index in [0.717, 1.165) is 30.7 Å². The monoisotopic (exact) mass is 148 g/mol. The predicted molar refractivity (Wildman–Crippen MR) is 37.9 cm³/mol. The molecule has 0 atom stereocenters. The van der Waals surface area contributed by atoms with Crippen molar-refractivity contribution in [2.45, 2.75) is 25.7 Å². The molecule has 0 saturated heterocycles. The van der Waals surface area contributed by atoms with Crippen LogP contribution < -0.4 is 0 Å². The smallest absolute Gasteiger partial charge is 0.300 e. The fourth-order valence-corrected chi connectivity index (χ4v) is 1.40. The average molecular weight is 148 g/mol. The molecule has 1 aliphatic carbocycles. The normalized spacial score (nSPS) is 15.5. The standard InChI is InChI=1S/C8H8N2O/c9-5-8-10-6-3-1-2-4-7(6)11-8/h1-4H2. The van der Waals surface area contributed by atoms with Crippen molar-refractivity contribution in [2.24, 2.45) is 0 Å². The number of aromatic nitrogens is 1. The molecule has 0 radical (unpaired) electrons. The van der Waals surface area contributed by atoms with Crippen LogP contribution in [0, 0.1) is 11.3 Å². The quantitative estimate of drug-likeness (QED) is 0.559. The fourth-order valence-electron chi connectivity index (χ4n) is 1.40. The van der Waals surface area contributed by atoms with Crippen molar-refractivity contribution >= 4 is 0 Å². The molecule has 1 aromatic rings. The summed E-state index contributed by atoms with van der Waals surface area (Å²) in [6.45, 7) is 0. The van der Waals surface area contributed by atoms with Crippen LogP contribution in [0.2, 0.25) is 0 Å². The number of fused-ring (bicyclic) bond motifs is 1. The van der Waals surface area contributed by atoms with E-state index in [9.17, 15) is 0 Å². The van der Waals surface area contributed by atoms with Gasteiger partial charge >= 0.3 is 5.89 Å². The summed E-state index contributed by atoms with van der Waals surface area (Å²) < 4.78 is 5.18. The summed E-state index contributed by atoms with van der Waals surface area (Å²) in [4.78, 5) is 4.04. The maximum atomic E-state index is 8.48. The van der Waals surface area contributed by atoms with Crippen LogP contribution in [0.1, 0.15) is 30.2 Å². The first-order valence-electron chi connectivity index (χ1n) is 3.79. The molecule has 0 saturated carbocycles. The first kappa shape index (κ1) is 6.41. The van der Waals surface area contributed by atoms with Crippen LogP contribution in [0.15, 0.2) is 4.42 Å². The van der Waals surface area contributed by atoms with E-state index in [1.54, 1.807) is 0 Å². The molecule has 11 heavy (non-hydrogen) atoms. The van der Waals surface area contributed by atoms with Crippen molar-refractivity contribution in [3.8, 4) is 6.07 Å². The van der Waals surface area contributed by atoms with Crippen molar-refractivity contribution in [1.29, 1.82) is 5.26 Å². The van der Waals surface area contributed by atoms with Crippen molar-refractivity contribution in [2.75, 3.05) is 0 Å². The number of hydrogen-bond donors (Lipinski definition) is 0. The van der Waals surface area contributed by atoms with Crippen molar-refractivity contribution in [3.05, 3.63) is 17.3 Å². The molecule has 0 spiro atoms. The Labute approximate surface area is 64.7 Å². The van der Waals surface area contributed by atoms with E-state index in [1.165, 1.54) is 6.42 Å². The molecule has 0 fully saturated rings. The van der Waals surface area contributed by atoms with E-state index in [0.29, 0.717) is 0 Å². The topological polar surface area (TPSA) is 49.8 Å². The van der Waals surface area contributed by atoms with E-state index in [2.05, 4.69) is 4.98 Å². The first-order chi connectivity index (χ1) is 5.40. The minimum atomic E-state index is 0.219. The summed E-state index contributed by atoms with van der Waals surface area (Å²) in [5.74, 6) is 1.14. The second-order valence-electron chi connectivity index (χ2n) is 2.71. The van der Waals surface area contributed by atoms with E-state index >= 15 is 0 Å². The van der Waals surface area contributed by atoms with Crippen LogP contribution in [-0.2, 0) is 12.8 Å². The second kappa shape index (κ2) is 2.39. The van der Waals surface area contributed by atoms with Gasteiger partial charge in [-0.3, -0.25) is 0 Å². The van der Waals surface area contributed by atoms with Gasteiger partial charge in [-0.25, -0.2) is 4.98 Å². The van der Waals surface area contributed by atoms with Crippen LogP contribution >= 0.6 is 0 Å². The Morgan fingerprint density at radius 3 is 2.91 bits per heavy atom. The van der Waals surface area contributed by atoms with E-state index in [1.807, 2.05) is 6.07 Å². The van der Waals surface area contributed by atoms with Gasteiger partial charge in [-0.15, -0.1) is 0 Å². The van der Waals surface area contributed by atoms with Gasteiger partial charge in [0.25, 0.3) is 0 Å². The highest BCUT2D eigenvalue weighted by Crippen LogP contribution is 2.20. The first-order valence-corrected chi connectivity index (χ1v) is 3.79. The molecule has 1 aliphatic rings. The molecule has 56 valence electrons. The Morgan fingerprint density at radius 2 is 2.18 bits per heavy atom. The summed E-state index contributed by atoms with van der Waals surface area (Å²) in [6.07, 6.45) is 4.25. The van der Waals surface area contributed by atoms with E-state index in [-0.39, 0.29) is 5.89 Å². The SMILES string of the molecule is N#Cc1nc2c(o1)CCCC2. The van der Waals surface area contributed by atoms with Crippen LogP contribution in [-0.4, -0.2) is 4.98 Å². The van der Waals surface area contributed by atoms with Crippen molar-refractivity contribution < 1.29 is 4.42 Å². The van der Waals surface area contributed by atoms with Gasteiger partial charge in [0.2, 0.25) is 0 Å². The Hall–Kier alpha value is -1.30. The molecule has 0 aromatic carbocycles. The highest BCUT2D eigenvalue weighted by atomic mass is 16.4. The van der Waals surface area contributed by atoms with Gasteiger partial charge < -0.3 is 4.42 Å². The predicted octanol–water partition coefficient (Wildman–Crippen LogP) is 1.43. The zero-order valence-corrected chi connectivity index (χ0v) is 6.13. The van der Waals surface area contributed by atoms with Crippen LogP contribution in [0.4, 0.5) is 0 Å². The summed E-state index contributed by atoms with van der Waals surface area (Å²) >= 11 is 0. The van der Waals surface area contributed by atoms with Crippen molar-refractivity contribution in [3.63, 3.8) is 0 Å². The van der Waals surface area contributed by atoms with E-state index in [4.69, 9.17) is 9.68 Å². The lowest BCUT2D eigenvalue weighted by Gasteiger charge is -2.05. The Balaban J connectivity index is 2.42. The molecule has 0 bridgehead atoms. The largest absolute Gasteiger partial charge is 0.433 e. The van der Waals surface area contributed by atoms with Gasteiger partial charge in [-0.1, -0.05) is 0 Å². The minimum Gasteiger partial charge on any atom is -0.433 e. The molecule has 3 nitrogen and oxygen atoms in total. The maximum Gasteiger partial charge on any atom is 0.300 e. The number of nitrogens with zero attached hydrogens (tertiary/aromatic N) is 2. The molecule has 0 unspecified atom stereocenters.